The molecule has 1 saturated carbocycles. The van der Waals surface area contributed by atoms with Gasteiger partial charge < -0.3 is 10.8 Å². The Labute approximate surface area is 98.6 Å². The number of aromatic hydroxyl groups is 1. The van der Waals surface area contributed by atoms with Gasteiger partial charge >= 0.3 is 0 Å². The SMILES string of the molecule is Cc1ccc(O)c(C2(N)CCCC2)c1Br. The normalized spacial score (nSPS) is 19.4. The number of phenolic OH excluding ortho intramolecular Hbond substituents is 1. The first-order valence-electron chi connectivity index (χ1n) is 5.32. The van der Waals surface area contributed by atoms with Gasteiger partial charge in [-0.25, -0.2) is 0 Å². The number of hydrogen-bond donors (Lipinski definition) is 2. The third kappa shape index (κ3) is 1.79. The predicted octanol–water partition coefficient (Wildman–Crippen LogP) is 3.19. The monoisotopic (exact) mass is 269 g/mol. The minimum absolute atomic E-state index is 0.317. The molecule has 0 heterocycles. The van der Waals surface area contributed by atoms with E-state index in [1.807, 2.05) is 13.0 Å². The molecule has 0 bridgehead atoms. The lowest BCUT2D eigenvalue weighted by molar-refractivity contribution is 0.407. The zero-order valence-electron chi connectivity index (χ0n) is 8.89. The van der Waals surface area contributed by atoms with Gasteiger partial charge in [0.15, 0.2) is 0 Å². The van der Waals surface area contributed by atoms with Crippen molar-refractivity contribution in [2.75, 3.05) is 0 Å². The summed E-state index contributed by atoms with van der Waals surface area (Å²) >= 11 is 3.54. The molecule has 0 aromatic heterocycles. The summed E-state index contributed by atoms with van der Waals surface area (Å²) in [4.78, 5) is 0. The van der Waals surface area contributed by atoms with Crippen LogP contribution >= 0.6 is 15.9 Å². The molecule has 0 unspecified atom stereocenters. The average Bonchev–Trinajstić information content (AvgIpc) is 2.60. The van der Waals surface area contributed by atoms with Gasteiger partial charge in [-0.3, -0.25) is 0 Å². The smallest absolute Gasteiger partial charge is 0.121 e. The number of rotatable bonds is 1. The van der Waals surface area contributed by atoms with E-state index in [1.165, 1.54) is 0 Å². The van der Waals surface area contributed by atoms with Crippen LogP contribution in [0.1, 0.15) is 36.8 Å². The van der Waals surface area contributed by atoms with Crippen LogP contribution in [0, 0.1) is 6.92 Å². The molecule has 3 N–H and O–H groups in total. The number of nitrogens with two attached hydrogens (primary N) is 1. The molecule has 0 atom stereocenters. The van der Waals surface area contributed by atoms with Crippen LogP contribution < -0.4 is 5.73 Å². The van der Waals surface area contributed by atoms with Crippen LogP contribution in [0.3, 0.4) is 0 Å². The summed E-state index contributed by atoms with van der Waals surface area (Å²) in [6.45, 7) is 2.02. The van der Waals surface area contributed by atoms with Crippen LogP contribution in [0.2, 0.25) is 0 Å². The van der Waals surface area contributed by atoms with E-state index in [0.29, 0.717) is 5.75 Å². The fraction of sp³-hybridized carbons (Fsp3) is 0.500. The number of halogens is 1. The molecule has 15 heavy (non-hydrogen) atoms. The van der Waals surface area contributed by atoms with E-state index >= 15 is 0 Å². The largest absolute Gasteiger partial charge is 0.508 e. The zero-order chi connectivity index (χ0) is 11.1. The highest BCUT2D eigenvalue weighted by atomic mass is 79.9. The summed E-state index contributed by atoms with van der Waals surface area (Å²) in [6.07, 6.45) is 4.22. The first-order valence-corrected chi connectivity index (χ1v) is 6.11. The van der Waals surface area contributed by atoms with E-state index in [-0.39, 0.29) is 5.54 Å². The first kappa shape index (κ1) is 11.0. The fourth-order valence-electron chi connectivity index (χ4n) is 2.40. The summed E-state index contributed by atoms with van der Waals surface area (Å²) in [5.74, 6) is 0.317. The van der Waals surface area contributed by atoms with Crippen molar-refractivity contribution in [3.8, 4) is 5.75 Å². The van der Waals surface area contributed by atoms with Crippen molar-refractivity contribution < 1.29 is 5.11 Å². The van der Waals surface area contributed by atoms with E-state index in [2.05, 4.69) is 15.9 Å². The highest BCUT2D eigenvalue weighted by molar-refractivity contribution is 9.10. The second kappa shape index (κ2) is 3.80. The molecule has 1 aromatic carbocycles. The van der Waals surface area contributed by atoms with Gasteiger partial charge in [0.1, 0.15) is 5.75 Å². The van der Waals surface area contributed by atoms with E-state index in [9.17, 15) is 5.11 Å². The molecular weight excluding hydrogens is 254 g/mol. The van der Waals surface area contributed by atoms with Crippen LogP contribution in [0.5, 0.6) is 5.75 Å². The summed E-state index contributed by atoms with van der Waals surface area (Å²) < 4.78 is 0.965. The molecule has 1 aliphatic rings. The zero-order valence-corrected chi connectivity index (χ0v) is 10.5. The van der Waals surface area contributed by atoms with Gasteiger partial charge in [0.05, 0.1) is 0 Å². The van der Waals surface area contributed by atoms with Crippen molar-refractivity contribution in [2.45, 2.75) is 38.1 Å². The Morgan fingerprint density at radius 2 is 1.93 bits per heavy atom. The maximum atomic E-state index is 9.93. The van der Waals surface area contributed by atoms with Gasteiger partial charge in [0.2, 0.25) is 0 Å². The molecule has 1 fully saturated rings. The minimum Gasteiger partial charge on any atom is -0.508 e. The summed E-state index contributed by atoms with van der Waals surface area (Å²) in [5.41, 5.74) is 8.04. The van der Waals surface area contributed by atoms with Crippen LogP contribution in [0.25, 0.3) is 0 Å². The molecule has 0 radical (unpaired) electrons. The molecule has 0 amide bonds. The molecule has 2 rings (SSSR count). The lowest BCUT2D eigenvalue weighted by Crippen LogP contribution is -2.33. The van der Waals surface area contributed by atoms with E-state index in [0.717, 1.165) is 41.3 Å². The first-order chi connectivity index (χ1) is 7.04. The Kier molecular flexibility index (Phi) is 2.77. The maximum Gasteiger partial charge on any atom is 0.121 e. The van der Waals surface area contributed by atoms with Crippen molar-refractivity contribution >= 4 is 15.9 Å². The van der Waals surface area contributed by atoms with E-state index < -0.39 is 0 Å². The lowest BCUT2D eigenvalue weighted by atomic mass is 9.88. The molecule has 1 aliphatic carbocycles. The van der Waals surface area contributed by atoms with Gasteiger partial charge in [-0.2, -0.15) is 0 Å². The molecule has 0 aliphatic heterocycles. The van der Waals surface area contributed by atoms with Crippen molar-refractivity contribution in [3.63, 3.8) is 0 Å². The Balaban J connectivity index is 2.55. The molecule has 0 spiro atoms. The lowest BCUT2D eigenvalue weighted by Gasteiger charge is -2.27. The van der Waals surface area contributed by atoms with Crippen molar-refractivity contribution in [3.05, 3.63) is 27.7 Å². The number of benzene rings is 1. The van der Waals surface area contributed by atoms with Crippen LogP contribution in [0.15, 0.2) is 16.6 Å². The molecule has 2 nitrogen and oxygen atoms in total. The Hall–Kier alpha value is -0.540. The standard InChI is InChI=1S/C12H16BrNO/c1-8-4-5-9(15)10(11(8)13)12(14)6-2-3-7-12/h4-5,15H,2-3,6-7,14H2,1H3. The second-order valence-corrected chi connectivity index (χ2v) is 5.25. The van der Waals surface area contributed by atoms with Crippen LogP contribution in [-0.2, 0) is 5.54 Å². The Morgan fingerprint density at radius 1 is 1.33 bits per heavy atom. The molecule has 3 heteroatoms. The Bertz CT molecular complexity index is 383. The predicted molar refractivity (Wildman–Crippen MR) is 64.9 cm³/mol. The maximum absolute atomic E-state index is 9.93. The molecule has 1 aromatic rings. The van der Waals surface area contributed by atoms with Crippen molar-refractivity contribution in [2.24, 2.45) is 5.73 Å². The van der Waals surface area contributed by atoms with Gasteiger partial charge in [0, 0.05) is 15.6 Å². The third-order valence-electron chi connectivity index (χ3n) is 3.31. The quantitative estimate of drug-likeness (QED) is 0.823. The Morgan fingerprint density at radius 3 is 2.53 bits per heavy atom. The molecular formula is C12H16BrNO. The fourth-order valence-corrected chi connectivity index (χ4v) is 3.13. The summed E-state index contributed by atoms with van der Waals surface area (Å²) in [7, 11) is 0. The highest BCUT2D eigenvalue weighted by Crippen LogP contribution is 2.44. The molecule has 0 saturated heterocycles. The number of phenols is 1. The topological polar surface area (TPSA) is 46.2 Å². The van der Waals surface area contributed by atoms with Crippen LogP contribution in [0.4, 0.5) is 0 Å². The van der Waals surface area contributed by atoms with Gasteiger partial charge in [0.25, 0.3) is 0 Å². The number of aryl methyl sites for hydroxylation is 1. The summed E-state index contributed by atoms with van der Waals surface area (Å²) in [5, 5.41) is 9.93. The van der Waals surface area contributed by atoms with E-state index in [1.54, 1.807) is 6.07 Å². The molecule has 82 valence electrons. The third-order valence-corrected chi connectivity index (χ3v) is 4.33. The summed E-state index contributed by atoms with van der Waals surface area (Å²) in [6, 6.07) is 3.64. The minimum atomic E-state index is -0.338. The van der Waals surface area contributed by atoms with Gasteiger partial charge in [-0.05, 0) is 31.4 Å². The van der Waals surface area contributed by atoms with Gasteiger partial charge in [-0.1, -0.05) is 34.8 Å². The van der Waals surface area contributed by atoms with Crippen molar-refractivity contribution in [1.29, 1.82) is 0 Å². The highest BCUT2D eigenvalue weighted by Gasteiger charge is 2.35. The van der Waals surface area contributed by atoms with Crippen molar-refractivity contribution in [1.82, 2.24) is 0 Å². The second-order valence-electron chi connectivity index (χ2n) is 4.45. The number of hydrogen-bond acceptors (Lipinski definition) is 2. The average molecular weight is 270 g/mol. The van der Waals surface area contributed by atoms with E-state index in [4.69, 9.17) is 5.73 Å². The van der Waals surface area contributed by atoms with Crippen LogP contribution in [-0.4, -0.2) is 5.11 Å². The van der Waals surface area contributed by atoms with Gasteiger partial charge in [-0.15, -0.1) is 0 Å².